The van der Waals surface area contributed by atoms with E-state index in [0.717, 1.165) is 54.0 Å². The van der Waals surface area contributed by atoms with Crippen LogP contribution in [-0.4, -0.2) is 40.1 Å². The molecule has 0 aromatic rings. The fourth-order valence-corrected chi connectivity index (χ4v) is 6.45. The lowest BCUT2D eigenvalue weighted by molar-refractivity contribution is -0.453. The quantitative estimate of drug-likeness (QED) is 0.219. The molecule has 0 bridgehead atoms. The van der Waals surface area contributed by atoms with Crippen molar-refractivity contribution in [2.24, 2.45) is 17.6 Å². The second-order valence-electron chi connectivity index (χ2n) is 8.70. The summed E-state index contributed by atoms with van der Waals surface area (Å²) in [5.74, 6) is 5.30. The highest BCUT2D eigenvalue weighted by molar-refractivity contribution is 8.00. The van der Waals surface area contributed by atoms with Crippen molar-refractivity contribution in [2.75, 3.05) is 18.1 Å². The molecule has 5 N–H and O–H groups in total. The van der Waals surface area contributed by atoms with Gasteiger partial charge in [0.05, 0.1) is 6.54 Å². The monoisotopic (exact) mass is 413 g/mol. The van der Waals surface area contributed by atoms with E-state index in [4.69, 9.17) is 11.1 Å². The Morgan fingerprint density at radius 1 is 0.852 bits per heavy atom. The number of amidine groups is 1. The fourth-order valence-electron chi connectivity index (χ4n) is 3.78. The van der Waals surface area contributed by atoms with Gasteiger partial charge < -0.3 is 0 Å². The molecule has 5 heteroatoms. The summed E-state index contributed by atoms with van der Waals surface area (Å²) in [6.07, 6.45) is 13.8. The van der Waals surface area contributed by atoms with Crippen molar-refractivity contribution in [3.63, 3.8) is 0 Å². The van der Waals surface area contributed by atoms with Gasteiger partial charge in [-0.3, -0.25) is 16.1 Å². The Kier molecular flexibility index (Phi) is 11.2. The Labute approximate surface area is 176 Å². The van der Waals surface area contributed by atoms with Gasteiger partial charge in [0.25, 0.3) is 0 Å². The maximum atomic E-state index is 6.20. The molecule has 2 fully saturated rings. The number of hydrogen-bond acceptors (Lipinski definition) is 2. The molecule has 0 aromatic carbocycles. The minimum atomic E-state index is 0.898. The SMILES string of the molecule is CC1CCC1SCCCC(=[NH2+])CCCCCC(N)=[NH+]CCSC1CCC1C. The van der Waals surface area contributed by atoms with Crippen LogP contribution in [0, 0.1) is 11.8 Å². The van der Waals surface area contributed by atoms with Crippen LogP contribution in [-0.2, 0) is 0 Å². The zero-order chi connectivity index (χ0) is 19.5. The number of nitrogens with two attached hydrogens (primary N) is 2. The van der Waals surface area contributed by atoms with Gasteiger partial charge in [0.2, 0.25) is 5.84 Å². The summed E-state index contributed by atoms with van der Waals surface area (Å²) < 4.78 is 0. The van der Waals surface area contributed by atoms with Crippen LogP contribution in [0.4, 0.5) is 0 Å². The molecule has 0 radical (unpaired) electrons. The number of unbranched alkanes of at least 4 members (excludes halogenated alkanes) is 2. The lowest BCUT2D eigenvalue weighted by atomic mass is 9.87. The third kappa shape index (κ3) is 9.25. The van der Waals surface area contributed by atoms with Gasteiger partial charge in [0, 0.05) is 35.5 Å². The van der Waals surface area contributed by atoms with E-state index in [1.165, 1.54) is 68.6 Å². The molecule has 156 valence electrons. The predicted molar refractivity (Wildman–Crippen MR) is 124 cm³/mol. The Morgan fingerprint density at radius 3 is 2.04 bits per heavy atom. The Morgan fingerprint density at radius 2 is 1.44 bits per heavy atom. The van der Waals surface area contributed by atoms with Crippen LogP contribution >= 0.6 is 23.5 Å². The summed E-state index contributed by atoms with van der Waals surface area (Å²) >= 11 is 4.28. The van der Waals surface area contributed by atoms with Crippen LogP contribution < -0.4 is 16.1 Å². The van der Waals surface area contributed by atoms with E-state index in [1.807, 2.05) is 0 Å². The highest BCUT2D eigenvalue weighted by Gasteiger charge is 2.27. The highest BCUT2D eigenvalue weighted by atomic mass is 32.2. The Balaban J connectivity index is 1.36. The first-order valence-electron chi connectivity index (χ1n) is 11.2. The van der Waals surface area contributed by atoms with E-state index < -0.39 is 0 Å². The first-order chi connectivity index (χ1) is 13.1. The molecular weight excluding hydrogens is 370 g/mol. The van der Waals surface area contributed by atoms with Gasteiger partial charge in [-0.25, -0.2) is 0 Å². The van der Waals surface area contributed by atoms with Crippen LogP contribution in [0.2, 0.25) is 0 Å². The van der Waals surface area contributed by atoms with E-state index in [1.54, 1.807) is 0 Å². The van der Waals surface area contributed by atoms with Gasteiger partial charge >= 0.3 is 0 Å². The largest absolute Gasteiger partial charge is 0.291 e. The molecule has 0 amide bonds. The smallest absolute Gasteiger partial charge is 0.240 e. The number of rotatable bonds is 15. The van der Waals surface area contributed by atoms with Crippen LogP contribution in [0.25, 0.3) is 0 Å². The maximum Gasteiger partial charge on any atom is 0.240 e. The second kappa shape index (κ2) is 13.1. The number of nitrogens with one attached hydrogen (secondary N) is 1. The summed E-state index contributed by atoms with van der Waals surface area (Å²) in [5.41, 5.74) is 7.31. The molecule has 4 atom stereocenters. The topological polar surface area (TPSA) is 65.6 Å². The van der Waals surface area contributed by atoms with E-state index in [-0.39, 0.29) is 0 Å². The second-order valence-corrected chi connectivity index (χ2v) is 11.4. The number of thioether (sulfide) groups is 2. The van der Waals surface area contributed by atoms with Crippen molar-refractivity contribution in [1.82, 2.24) is 0 Å². The van der Waals surface area contributed by atoms with Gasteiger partial charge in [-0.1, -0.05) is 20.3 Å². The average molecular weight is 414 g/mol. The van der Waals surface area contributed by atoms with Crippen molar-refractivity contribution in [1.29, 1.82) is 0 Å². The molecule has 0 aliphatic heterocycles. The van der Waals surface area contributed by atoms with Crippen molar-refractivity contribution in [3.05, 3.63) is 0 Å². The van der Waals surface area contributed by atoms with Gasteiger partial charge in [-0.15, -0.1) is 0 Å². The molecule has 0 aromatic heterocycles. The lowest BCUT2D eigenvalue weighted by Crippen LogP contribution is -2.76. The first-order valence-corrected chi connectivity index (χ1v) is 13.3. The molecule has 2 saturated carbocycles. The van der Waals surface area contributed by atoms with E-state index in [9.17, 15) is 0 Å². The van der Waals surface area contributed by atoms with Crippen molar-refractivity contribution < 1.29 is 10.4 Å². The lowest BCUT2D eigenvalue weighted by Gasteiger charge is -2.33. The van der Waals surface area contributed by atoms with Crippen LogP contribution in [0.15, 0.2) is 0 Å². The molecule has 4 unspecified atom stereocenters. The molecule has 2 aliphatic carbocycles. The number of hydrogen-bond donors (Lipinski definition) is 3. The van der Waals surface area contributed by atoms with E-state index in [0.29, 0.717) is 0 Å². The minimum Gasteiger partial charge on any atom is -0.291 e. The summed E-state index contributed by atoms with van der Waals surface area (Å²) in [4.78, 5) is 3.40. The molecule has 0 spiro atoms. The molecule has 27 heavy (non-hydrogen) atoms. The zero-order valence-corrected chi connectivity index (χ0v) is 19.3. The van der Waals surface area contributed by atoms with E-state index in [2.05, 4.69) is 42.4 Å². The summed E-state index contributed by atoms with van der Waals surface area (Å²) in [7, 11) is 0. The standard InChI is InChI=1S/C22H41N3S2/c1-17-10-12-20(17)26-15-6-8-19(23)7-4-3-5-9-22(24)25-14-16-27-21-13-11-18(21)2/h17-18,20-21,23H,3-16H2,1-2H3,(H2,24,25)/p+2. The summed E-state index contributed by atoms with van der Waals surface area (Å²) in [6.45, 7) is 5.77. The highest BCUT2D eigenvalue weighted by Crippen LogP contribution is 2.37. The molecule has 0 heterocycles. The summed E-state index contributed by atoms with van der Waals surface area (Å²) in [5, 5.41) is 8.03. The summed E-state index contributed by atoms with van der Waals surface area (Å²) in [6, 6.07) is 0. The van der Waals surface area contributed by atoms with Crippen LogP contribution in [0.1, 0.15) is 84.5 Å². The normalized spacial score (nSPS) is 27.9. The Hall–Kier alpha value is -0.160. The van der Waals surface area contributed by atoms with Crippen molar-refractivity contribution in [2.45, 2.75) is 95.0 Å². The first kappa shape index (κ1) is 23.1. The maximum absolute atomic E-state index is 6.20. The average Bonchev–Trinajstić information content (AvgIpc) is 2.64. The molecule has 2 rings (SSSR count). The van der Waals surface area contributed by atoms with Gasteiger partial charge in [-0.2, -0.15) is 23.5 Å². The van der Waals surface area contributed by atoms with Gasteiger partial charge in [0.1, 0.15) is 5.71 Å². The van der Waals surface area contributed by atoms with Gasteiger partial charge in [-0.05, 0) is 62.5 Å². The van der Waals surface area contributed by atoms with Crippen molar-refractivity contribution in [3.8, 4) is 0 Å². The van der Waals surface area contributed by atoms with Crippen LogP contribution in [0.5, 0.6) is 0 Å². The zero-order valence-electron chi connectivity index (χ0n) is 17.7. The molecule has 3 nitrogen and oxygen atoms in total. The predicted octanol–water partition coefficient (Wildman–Crippen LogP) is 2.42. The van der Waals surface area contributed by atoms with Gasteiger partial charge in [0.15, 0.2) is 0 Å². The van der Waals surface area contributed by atoms with Crippen LogP contribution in [0.3, 0.4) is 0 Å². The molecule has 2 aliphatic rings. The third-order valence-electron chi connectivity index (χ3n) is 6.29. The molecular formula is C22H43N3S2+2. The van der Waals surface area contributed by atoms with E-state index >= 15 is 0 Å². The third-order valence-corrected chi connectivity index (χ3v) is 9.51. The Bertz CT molecular complexity index is 466. The molecule has 0 saturated heterocycles. The fraction of sp³-hybridized carbons (Fsp3) is 0.909. The van der Waals surface area contributed by atoms with Crippen molar-refractivity contribution >= 4 is 35.1 Å². The minimum absolute atomic E-state index is 0.898.